The molecular weight excluding hydrogens is 288 g/mol. The van der Waals surface area contributed by atoms with Crippen LogP contribution in [0.15, 0.2) is 42.6 Å². The quantitative estimate of drug-likeness (QED) is 0.808. The highest BCUT2D eigenvalue weighted by molar-refractivity contribution is 5.82. The van der Waals surface area contributed by atoms with E-state index in [1.54, 1.807) is 0 Å². The predicted octanol–water partition coefficient (Wildman–Crippen LogP) is 2.71. The number of benzene rings is 1. The number of nitrogens with one attached hydrogen (secondary N) is 1. The van der Waals surface area contributed by atoms with E-state index in [2.05, 4.69) is 50.4 Å². The van der Waals surface area contributed by atoms with Gasteiger partial charge in [-0.15, -0.1) is 0 Å². The molecule has 0 amide bonds. The number of aromatic nitrogens is 3. The van der Waals surface area contributed by atoms with Crippen LogP contribution in [0.1, 0.15) is 11.3 Å². The van der Waals surface area contributed by atoms with Crippen LogP contribution >= 0.6 is 0 Å². The van der Waals surface area contributed by atoms with Crippen LogP contribution in [0.2, 0.25) is 0 Å². The number of rotatable bonds is 3. The van der Waals surface area contributed by atoms with Gasteiger partial charge in [0.2, 0.25) is 0 Å². The van der Waals surface area contributed by atoms with Gasteiger partial charge in [-0.3, -0.25) is 5.10 Å². The Morgan fingerprint density at radius 3 is 3.04 bits per heavy atom. The molecule has 5 nitrogen and oxygen atoms in total. The summed E-state index contributed by atoms with van der Waals surface area (Å²) in [6.07, 6.45) is 3.01. The van der Waals surface area contributed by atoms with Crippen molar-refractivity contribution in [2.75, 3.05) is 24.6 Å². The van der Waals surface area contributed by atoms with Gasteiger partial charge in [-0.1, -0.05) is 30.3 Å². The Bertz CT molecular complexity index is 799. The Hall–Kier alpha value is -2.40. The highest BCUT2D eigenvalue weighted by Crippen LogP contribution is 2.22. The number of morpholine rings is 1. The molecular formula is C18H20N4O. The molecule has 1 aliphatic rings. The highest BCUT2D eigenvalue weighted by Gasteiger charge is 2.22. The lowest BCUT2D eigenvalue weighted by Gasteiger charge is -2.34. The van der Waals surface area contributed by atoms with Gasteiger partial charge in [0.05, 0.1) is 30.1 Å². The van der Waals surface area contributed by atoms with E-state index in [0.29, 0.717) is 0 Å². The van der Waals surface area contributed by atoms with Gasteiger partial charge < -0.3 is 9.64 Å². The number of pyridine rings is 1. The smallest absolute Gasteiger partial charge is 0.129 e. The molecule has 1 aliphatic heterocycles. The van der Waals surface area contributed by atoms with Crippen LogP contribution in [0.3, 0.4) is 0 Å². The van der Waals surface area contributed by atoms with E-state index in [4.69, 9.17) is 4.74 Å². The molecule has 1 N–H and O–H groups in total. The summed E-state index contributed by atoms with van der Waals surface area (Å²) in [5.74, 6) is 1.00. The molecule has 0 aliphatic carbocycles. The molecule has 1 aromatic carbocycles. The molecule has 0 bridgehead atoms. The fraction of sp³-hybridized carbons (Fsp3) is 0.333. The van der Waals surface area contributed by atoms with Gasteiger partial charge in [-0.05, 0) is 18.6 Å². The van der Waals surface area contributed by atoms with Crippen molar-refractivity contribution < 1.29 is 4.74 Å². The normalized spacial score (nSPS) is 18.5. The summed E-state index contributed by atoms with van der Waals surface area (Å²) in [6.45, 7) is 4.49. The van der Waals surface area contributed by atoms with Crippen LogP contribution in [0.25, 0.3) is 10.9 Å². The zero-order valence-corrected chi connectivity index (χ0v) is 13.2. The molecule has 2 aromatic heterocycles. The monoisotopic (exact) mass is 308 g/mol. The van der Waals surface area contributed by atoms with Gasteiger partial charge in [0.25, 0.3) is 0 Å². The predicted molar refractivity (Wildman–Crippen MR) is 90.7 cm³/mol. The van der Waals surface area contributed by atoms with Crippen molar-refractivity contribution in [2.24, 2.45) is 0 Å². The lowest BCUT2D eigenvalue weighted by molar-refractivity contribution is 0.0408. The van der Waals surface area contributed by atoms with Crippen molar-refractivity contribution in [3.63, 3.8) is 0 Å². The van der Waals surface area contributed by atoms with Crippen molar-refractivity contribution in [3.8, 4) is 0 Å². The van der Waals surface area contributed by atoms with Crippen LogP contribution in [0, 0.1) is 6.92 Å². The van der Waals surface area contributed by atoms with Crippen LogP contribution in [0.5, 0.6) is 0 Å². The van der Waals surface area contributed by atoms with Crippen molar-refractivity contribution >= 4 is 16.7 Å². The third-order valence-corrected chi connectivity index (χ3v) is 4.39. The molecule has 118 valence electrons. The average Bonchev–Trinajstić information content (AvgIpc) is 2.97. The molecule has 4 rings (SSSR count). The maximum Gasteiger partial charge on any atom is 0.129 e. The van der Waals surface area contributed by atoms with Gasteiger partial charge >= 0.3 is 0 Å². The van der Waals surface area contributed by atoms with Crippen LogP contribution in [-0.4, -0.2) is 41.0 Å². The summed E-state index contributed by atoms with van der Waals surface area (Å²) < 4.78 is 5.94. The largest absolute Gasteiger partial charge is 0.374 e. The molecule has 5 heteroatoms. The molecule has 3 aromatic rings. The summed E-state index contributed by atoms with van der Waals surface area (Å²) in [6, 6.07) is 12.6. The first kappa shape index (κ1) is 14.2. The van der Waals surface area contributed by atoms with E-state index < -0.39 is 0 Å². The standard InChI is InChI=1S/C18H20N4O/c1-13-16-10-18(19-11-17(16)21-20-13)22-7-8-23-15(12-22)9-14-5-3-2-4-6-14/h2-6,10-11,15H,7-9,12H2,1H3,(H,20,21). The number of ether oxygens (including phenoxy) is 1. The lowest BCUT2D eigenvalue weighted by atomic mass is 10.1. The number of anilines is 1. The first-order valence-corrected chi connectivity index (χ1v) is 8.01. The number of nitrogens with zero attached hydrogens (tertiary/aromatic N) is 3. The highest BCUT2D eigenvalue weighted by atomic mass is 16.5. The minimum absolute atomic E-state index is 0.203. The molecule has 0 spiro atoms. The van der Waals surface area contributed by atoms with Crippen molar-refractivity contribution in [2.45, 2.75) is 19.4 Å². The second kappa shape index (κ2) is 6.01. The molecule has 0 radical (unpaired) electrons. The Balaban J connectivity index is 1.52. The summed E-state index contributed by atoms with van der Waals surface area (Å²) in [5.41, 5.74) is 3.31. The summed E-state index contributed by atoms with van der Waals surface area (Å²) in [4.78, 5) is 6.89. The molecule has 3 heterocycles. The number of aryl methyl sites for hydroxylation is 1. The van der Waals surface area contributed by atoms with Crippen LogP contribution in [0.4, 0.5) is 5.82 Å². The van der Waals surface area contributed by atoms with Crippen LogP contribution in [-0.2, 0) is 11.2 Å². The first-order valence-electron chi connectivity index (χ1n) is 8.01. The topological polar surface area (TPSA) is 54.0 Å². The fourth-order valence-electron chi connectivity index (χ4n) is 3.14. The third kappa shape index (κ3) is 2.92. The van der Waals surface area contributed by atoms with E-state index in [-0.39, 0.29) is 6.10 Å². The van der Waals surface area contributed by atoms with Crippen molar-refractivity contribution in [1.29, 1.82) is 0 Å². The second-order valence-electron chi connectivity index (χ2n) is 6.03. The maximum atomic E-state index is 5.94. The van der Waals surface area contributed by atoms with Gasteiger partial charge in [0.15, 0.2) is 0 Å². The Morgan fingerprint density at radius 2 is 2.17 bits per heavy atom. The minimum Gasteiger partial charge on any atom is -0.374 e. The van der Waals surface area contributed by atoms with E-state index in [1.165, 1.54) is 5.56 Å². The second-order valence-corrected chi connectivity index (χ2v) is 6.03. The molecule has 1 fully saturated rings. The summed E-state index contributed by atoms with van der Waals surface area (Å²) in [7, 11) is 0. The lowest BCUT2D eigenvalue weighted by Crippen LogP contribution is -2.43. The summed E-state index contributed by atoms with van der Waals surface area (Å²) in [5, 5.41) is 8.39. The van der Waals surface area contributed by atoms with Crippen molar-refractivity contribution in [1.82, 2.24) is 15.2 Å². The van der Waals surface area contributed by atoms with Crippen LogP contribution < -0.4 is 4.90 Å². The van der Waals surface area contributed by atoms with E-state index in [1.807, 2.05) is 19.2 Å². The molecule has 1 atom stereocenters. The van der Waals surface area contributed by atoms with Gasteiger partial charge in [-0.2, -0.15) is 5.10 Å². The van der Waals surface area contributed by atoms with E-state index in [0.717, 1.165) is 48.5 Å². The maximum absolute atomic E-state index is 5.94. The van der Waals surface area contributed by atoms with Gasteiger partial charge in [0.1, 0.15) is 5.82 Å². The number of H-pyrrole nitrogens is 1. The number of aromatic amines is 1. The first-order chi connectivity index (χ1) is 11.3. The summed E-state index contributed by atoms with van der Waals surface area (Å²) >= 11 is 0. The number of hydrogen-bond acceptors (Lipinski definition) is 4. The minimum atomic E-state index is 0.203. The Kier molecular flexibility index (Phi) is 3.71. The molecule has 0 saturated carbocycles. The van der Waals surface area contributed by atoms with Gasteiger partial charge in [-0.25, -0.2) is 4.98 Å². The zero-order chi connectivity index (χ0) is 15.6. The fourth-order valence-corrected chi connectivity index (χ4v) is 3.14. The third-order valence-electron chi connectivity index (χ3n) is 4.39. The number of fused-ring (bicyclic) bond motifs is 1. The number of hydrogen-bond donors (Lipinski definition) is 1. The van der Waals surface area contributed by atoms with E-state index >= 15 is 0 Å². The van der Waals surface area contributed by atoms with Crippen molar-refractivity contribution in [3.05, 3.63) is 53.9 Å². The average molecular weight is 308 g/mol. The molecule has 1 unspecified atom stereocenters. The molecule has 23 heavy (non-hydrogen) atoms. The Labute approximate surface area is 135 Å². The zero-order valence-electron chi connectivity index (χ0n) is 13.2. The molecule has 1 saturated heterocycles. The Morgan fingerprint density at radius 1 is 1.30 bits per heavy atom. The van der Waals surface area contributed by atoms with Gasteiger partial charge in [0, 0.05) is 24.9 Å². The SMILES string of the molecule is Cc1n[nH]c2cnc(N3CCOC(Cc4ccccc4)C3)cc12. The van der Waals surface area contributed by atoms with E-state index in [9.17, 15) is 0 Å².